The van der Waals surface area contributed by atoms with Crippen molar-refractivity contribution in [1.82, 2.24) is 4.90 Å². The van der Waals surface area contributed by atoms with Gasteiger partial charge in [0, 0.05) is 38.1 Å². The summed E-state index contributed by atoms with van der Waals surface area (Å²) in [5, 5.41) is 0. The molecule has 0 N–H and O–H groups in total. The molecule has 2 fully saturated rings. The summed E-state index contributed by atoms with van der Waals surface area (Å²) in [5.74, 6) is 0.629. The van der Waals surface area contributed by atoms with Crippen LogP contribution >= 0.6 is 0 Å². The maximum absolute atomic E-state index is 12.5. The first-order valence-corrected chi connectivity index (χ1v) is 9.17. The summed E-state index contributed by atoms with van der Waals surface area (Å²) in [4.78, 5) is 15.1. The van der Waals surface area contributed by atoms with Gasteiger partial charge >= 0.3 is 0 Å². The van der Waals surface area contributed by atoms with Crippen molar-refractivity contribution in [2.75, 3.05) is 26.9 Å². The molecule has 0 saturated carbocycles. The van der Waals surface area contributed by atoms with Crippen molar-refractivity contribution in [2.45, 2.75) is 50.7 Å². The molecule has 4 heteroatoms. The third kappa shape index (κ3) is 4.44. The molecule has 0 radical (unpaired) electrons. The Balaban J connectivity index is 1.47. The van der Waals surface area contributed by atoms with E-state index in [2.05, 4.69) is 35.2 Å². The van der Waals surface area contributed by atoms with Crippen molar-refractivity contribution in [3.63, 3.8) is 0 Å². The Kier molecular flexibility index (Phi) is 6.41. The molecule has 2 aliphatic rings. The second kappa shape index (κ2) is 8.75. The molecule has 0 aromatic heterocycles. The van der Waals surface area contributed by atoms with Gasteiger partial charge in [-0.1, -0.05) is 30.3 Å². The molecule has 0 amide bonds. The lowest BCUT2D eigenvalue weighted by molar-refractivity contribution is -0.126. The summed E-state index contributed by atoms with van der Waals surface area (Å²) in [6.45, 7) is 2.72. The smallest absolute Gasteiger partial charge is 0.138 e. The molecule has 132 valence electrons. The fourth-order valence-electron chi connectivity index (χ4n) is 4.21. The lowest BCUT2D eigenvalue weighted by Gasteiger charge is -2.38. The zero-order valence-electron chi connectivity index (χ0n) is 14.7. The Bertz CT molecular complexity index is 505. The quantitative estimate of drug-likeness (QED) is 0.652. The molecule has 2 bridgehead atoms. The molecule has 0 aliphatic carbocycles. The van der Waals surface area contributed by atoms with Gasteiger partial charge in [-0.05, 0) is 31.2 Å². The summed E-state index contributed by atoms with van der Waals surface area (Å²) in [6.07, 6.45) is 5.09. The number of ether oxygens (including phenoxy) is 2. The van der Waals surface area contributed by atoms with Crippen LogP contribution in [-0.2, 0) is 20.8 Å². The minimum absolute atomic E-state index is 0.237. The van der Waals surface area contributed by atoms with E-state index in [9.17, 15) is 4.79 Å². The normalized spacial score (nSPS) is 26.6. The zero-order chi connectivity index (χ0) is 16.8. The summed E-state index contributed by atoms with van der Waals surface area (Å²) >= 11 is 0. The molecule has 1 aromatic rings. The number of benzene rings is 1. The number of hydrogen-bond donors (Lipinski definition) is 0. The number of methoxy groups -OCH3 is 1. The van der Waals surface area contributed by atoms with Crippen LogP contribution in [0.3, 0.4) is 0 Å². The Morgan fingerprint density at radius 3 is 2.46 bits per heavy atom. The zero-order valence-corrected chi connectivity index (χ0v) is 14.7. The highest BCUT2D eigenvalue weighted by Crippen LogP contribution is 2.40. The number of carbonyl (C=O) groups is 1. The molecule has 24 heavy (non-hydrogen) atoms. The lowest BCUT2D eigenvalue weighted by Crippen LogP contribution is -2.44. The number of ketones is 1. The highest BCUT2D eigenvalue weighted by Gasteiger charge is 2.42. The molecule has 3 rings (SSSR count). The maximum Gasteiger partial charge on any atom is 0.138 e. The first kappa shape index (κ1) is 17.6. The van der Waals surface area contributed by atoms with Crippen LogP contribution < -0.4 is 0 Å². The van der Waals surface area contributed by atoms with Gasteiger partial charge in [0.2, 0.25) is 0 Å². The van der Waals surface area contributed by atoms with Crippen molar-refractivity contribution in [2.24, 2.45) is 5.92 Å². The highest BCUT2D eigenvalue weighted by atomic mass is 16.5. The summed E-state index contributed by atoms with van der Waals surface area (Å²) < 4.78 is 10.4. The van der Waals surface area contributed by atoms with Crippen LogP contribution in [-0.4, -0.2) is 49.7 Å². The van der Waals surface area contributed by atoms with Crippen LogP contribution in [0.25, 0.3) is 0 Å². The van der Waals surface area contributed by atoms with Gasteiger partial charge in [-0.15, -0.1) is 0 Å². The standard InChI is InChI=1S/C20H29NO3/c1-23-11-12-24-10-9-20(22)17-13-18-7-8-19(14-17)21(18)15-16-5-3-2-4-6-16/h2-6,17-19H,7-15H2,1H3. The van der Waals surface area contributed by atoms with Crippen LogP contribution in [0.4, 0.5) is 0 Å². The average Bonchev–Trinajstić information content (AvgIpc) is 2.83. The second-order valence-electron chi connectivity index (χ2n) is 7.03. The molecule has 0 spiro atoms. The van der Waals surface area contributed by atoms with Crippen molar-refractivity contribution < 1.29 is 14.3 Å². The molecule has 2 atom stereocenters. The highest BCUT2D eigenvalue weighted by molar-refractivity contribution is 5.81. The van der Waals surface area contributed by atoms with E-state index >= 15 is 0 Å². The summed E-state index contributed by atoms with van der Waals surface area (Å²) in [6, 6.07) is 11.8. The number of carbonyl (C=O) groups excluding carboxylic acids is 1. The fraction of sp³-hybridized carbons (Fsp3) is 0.650. The maximum atomic E-state index is 12.5. The molecular formula is C20H29NO3. The van der Waals surface area contributed by atoms with Gasteiger partial charge in [0.15, 0.2) is 0 Å². The van der Waals surface area contributed by atoms with Crippen molar-refractivity contribution in [1.29, 1.82) is 0 Å². The van der Waals surface area contributed by atoms with E-state index in [1.165, 1.54) is 18.4 Å². The van der Waals surface area contributed by atoms with Gasteiger partial charge in [-0.3, -0.25) is 9.69 Å². The van der Waals surface area contributed by atoms with Gasteiger partial charge in [0.1, 0.15) is 5.78 Å². The van der Waals surface area contributed by atoms with Crippen LogP contribution in [0.1, 0.15) is 37.7 Å². The predicted octanol–water partition coefficient (Wildman–Crippen LogP) is 3.05. The lowest BCUT2D eigenvalue weighted by atomic mass is 9.86. The first-order chi connectivity index (χ1) is 11.8. The van der Waals surface area contributed by atoms with Gasteiger partial charge in [0.05, 0.1) is 19.8 Å². The van der Waals surface area contributed by atoms with Crippen molar-refractivity contribution in [3.8, 4) is 0 Å². The molecule has 1 aromatic carbocycles. The molecule has 2 heterocycles. The Morgan fingerprint density at radius 2 is 1.79 bits per heavy atom. The minimum atomic E-state index is 0.237. The molecule has 4 nitrogen and oxygen atoms in total. The number of fused-ring (bicyclic) bond motifs is 2. The van der Waals surface area contributed by atoms with E-state index in [4.69, 9.17) is 9.47 Å². The van der Waals surface area contributed by atoms with E-state index in [1.807, 2.05) is 0 Å². The topological polar surface area (TPSA) is 38.8 Å². The number of hydrogen-bond acceptors (Lipinski definition) is 4. The number of Topliss-reactive ketones (excluding diaryl/α,β-unsaturated/α-hetero) is 1. The number of nitrogens with zero attached hydrogens (tertiary/aromatic N) is 1. The number of piperidine rings is 1. The predicted molar refractivity (Wildman–Crippen MR) is 93.8 cm³/mol. The van der Waals surface area contributed by atoms with E-state index < -0.39 is 0 Å². The van der Waals surface area contributed by atoms with Crippen LogP contribution in [0.5, 0.6) is 0 Å². The van der Waals surface area contributed by atoms with Gasteiger partial charge in [-0.2, -0.15) is 0 Å². The van der Waals surface area contributed by atoms with E-state index in [-0.39, 0.29) is 5.92 Å². The van der Waals surface area contributed by atoms with Gasteiger partial charge < -0.3 is 9.47 Å². The first-order valence-electron chi connectivity index (χ1n) is 9.17. The largest absolute Gasteiger partial charge is 0.382 e. The van der Waals surface area contributed by atoms with E-state index in [0.29, 0.717) is 44.1 Å². The molecular weight excluding hydrogens is 302 g/mol. The van der Waals surface area contributed by atoms with E-state index in [0.717, 1.165) is 19.4 Å². The van der Waals surface area contributed by atoms with E-state index in [1.54, 1.807) is 7.11 Å². The van der Waals surface area contributed by atoms with Gasteiger partial charge in [0.25, 0.3) is 0 Å². The van der Waals surface area contributed by atoms with Crippen molar-refractivity contribution >= 4 is 5.78 Å². The second-order valence-corrected chi connectivity index (χ2v) is 7.03. The molecule has 2 aliphatic heterocycles. The third-order valence-corrected chi connectivity index (χ3v) is 5.47. The molecule has 2 unspecified atom stereocenters. The Hall–Kier alpha value is -1.23. The van der Waals surface area contributed by atoms with Crippen LogP contribution in [0, 0.1) is 5.92 Å². The monoisotopic (exact) mass is 331 g/mol. The van der Waals surface area contributed by atoms with Gasteiger partial charge in [-0.25, -0.2) is 0 Å². The van der Waals surface area contributed by atoms with Crippen molar-refractivity contribution in [3.05, 3.63) is 35.9 Å². The minimum Gasteiger partial charge on any atom is -0.382 e. The van der Waals surface area contributed by atoms with Crippen LogP contribution in [0.15, 0.2) is 30.3 Å². The fourth-order valence-corrected chi connectivity index (χ4v) is 4.21. The molecule has 2 saturated heterocycles. The Morgan fingerprint density at radius 1 is 1.08 bits per heavy atom. The van der Waals surface area contributed by atoms with Crippen LogP contribution in [0.2, 0.25) is 0 Å². The average molecular weight is 331 g/mol. The SMILES string of the molecule is COCCOCCC(=O)C1CC2CCC(C1)N2Cc1ccccc1. The Labute approximate surface area is 145 Å². The summed E-state index contributed by atoms with van der Waals surface area (Å²) in [7, 11) is 1.66. The summed E-state index contributed by atoms with van der Waals surface area (Å²) in [5.41, 5.74) is 1.38. The number of rotatable bonds is 9. The third-order valence-electron chi connectivity index (χ3n) is 5.47.